The predicted octanol–water partition coefficient (Wildman–Crippen LogP) is 0.864. The Balaban J connectivity index is 2.25. The van der Waals surface area contributed by atoms with Crippen molar-refractivity contribution in [1.29, 1.82) is 0 Å². The fraction of sp³-hybridized carbons (Fsp3) is 0.250. The second kappa shape index (κ2) is 5.42. The largest absolute Gasteiger partial charge is 0.464 e. The molecule has 18 heavy (non-hydrogen) atoms. The molecular formula is C12H13N3O3. The summed E-state index contributed by atoms with van der Waals surface area (Å²) in [5, 5.41) is 17.4. The van der Waals surface area contributed by atoms with E-state index in [0.29, 0.717) is 11.3 Å². The molecule has 94 valence electrons. The fourth-order valence-corrected chi connectivity index (χ4v) is 1.54. The van der Waals surface area contributed by atoms with Crippen molar-refractivity contribution in [2.24, 2.45) is 0 Å². The minimum atomic E-state index is -1.28. The summed E-state index contributed by atoms with van der Waals surface area (Å²) < 4.78 is 6.31. The van der Waals surface area contributed by atoms with Crippen LogP contribution >= 0.6 is 0 Å². The summed E-state index contributed by atoms with van der Waals surface area (Å²) >= 11 is 0. The first kappa shape index (κ1) is 12.3. The number of hydrogen-bond acceptors (Lipinski definition) is 5. The first-order valence-corrected chi connectivity index (χ1v) is 5.53. The molecule has 0 bridgehead atoms. The average molecular weight is 247 g/mol. The van der Waals surface area contributed by atoms with Crippen LogP contribution < -0.4 is 0 Å². The minimum absolute atomic E-state index is 0.235. The van der Waals surface area contributed by atoms with E-state index in [-0.39, 0.29) is 6.61 Å². The second-order valence-electron chi connectivity index (χ2n) is 3.60. The summed E-state index contributed by atoms with van der Waals surface area (Å²) in [6.45, 7) is 1.93. The summed E-state index contributed by atoms with van der Waals surface area (Å²) in [7, 11) is 0. The Kier molecular flexibility index (Phi) is 3.69. The van der Waals surface area contributed by atoms with E-state index < -0.39 is 12.1 Å². The van der Waals surface area contributed by atoms with Gasteiger partial charge in [0.2, 0.25) is 0 Å². The van der Waals surface area contributed by atoms with E-state index >= 15 is 0 Å². The maximum absolute atomic E-state index is 11.4. The van der Waals surface area contributed by atoms with Crippen molar-refractivity contribution < 1.29 is 14.6 Å². The van der Waals surface area contributed by atoms with Crippen molar-refractivity contribution in [3.05, 3.63) is 42.2 Å². The molecule has 6 heteroatoms. The van der Waals surface area contributed by atoms with Crippen molar-refractivity contribution in [3.63, 3.8) is 0 Å². The topological polar surface area (TPSA) is 77.2 Å². The normalized spacial score (nSPS) is 12.1. The highest BCUT2D eigenvalue weighted by Gasteiger charge is 2.18. The van der Waals surface area contributed by atoms with Crippen molar-refractivity contribution in [1.82, 2.24) is 15.0 Å². The maximum atomic E-state index is 11.4. The third kappa shape index (κ3) is 2.54. The van der Waals surface area contributed by atoms with Gasteiger partial charge in [-0.1, -0.05) is 17.3 Å². The number of esters is 1. The molecule has 0 spiro atoms. The molecular weight excluding hydrogens is 234 g/mol. The molecule has 0 saturated heterocycles. The molecule has 1 heterocycles. The molecule has 1 unspecified atom stereocenters. The lowest BCUT2D eigenvalue weighted by Gasteiger charge is -2.11. The summed E-state index contributed by atoms with van der Waals surface area (Å²) in [5.41, 5.74) is 1.18. The Morgan fingerprint density at radius 3 is 3.06 bits per heavy atom. The standard InChI is InChI=1S/C12H13N3O3/c1-2-18-12(17)11(16)9-4-3-5-10(8-9)15-7-6-13-14-15/h3-8,11,16H,2H2,1H3. The summed E-state index contributed by atoms with van der Waals surface area (Å²) in [4.78, 5) is 11.4. The molecule has 0 amide bonds. The number of hydrogen-bond donors (Lipinski definition) is 1. The number of carbonyl (C=O) groups is 1. The van der Waals surface area contributed by atoms with Gasteiger partial charge in [-0.3, -0.25) is 0 Å². The molecule has 0 saturated carbocycles. The molecule has 0 aliphatic rings. The van der Waals surface area contributed by atoms with Gasteiger partial charge in [-0.15, -0.1) is 5.10 Å². The van der Waals surface area contributed by atoms with E-state index in [1.165, 1.54) is 0 Å². The van der Waals surface area contributed by atoms with Crippen LogP contribution in [-0.2, 0) is 9.53 Å². The number of rotatable bonds is 4. The van der Waals surface area contributed by atoms with Gasteiger partial charge in [0.05, 0.1) is 24.7 Å². The minimum Gasteiger partial charge on any atom is -0.464 e. The highest BCUT2D eigenvalue weighted by Crippen LogP contribution is 2.17. The predicted molar refractivity (Wildman–Crippen MR) is 63.0 cm³/mol. The van der Waals surface area contributed by atoms with Crippen LogP contribution in [-0.4, -0.2) is 32.7 Å². The molecule has 1 atom stereocenters. The van der Waals surface area contributed by atoms with Crippen molar-refractivity contribution in [3.8, 4) is 5.69 Å². The lowest BCUT2D eigenvalue weighted by atomic mass is 10.1. The van der Waals surface area contributed by atoms with Crippen LogP contribution in [0.1, 0.15) is 18.6 Å². The second-order valence-corrected chi connectivity index (χ2v) is 3.60. The Bertz CT molecular complexity index is 525. The first-order chi connectivity index (χ1) is 8.72. The third-order valence-corrected chi connectivity index (χ3v) is 2.38. The van der Waals surface area contributed by atoms with Crippen molar-refractivity contribution >= 4 is 5.97 Å². The first-order valence-electron chi connectivity index (χ1n) is 5.53. The Hall–Kier alpha value is -2.21. The fourth-order valence-electron chi connectivity index (χ4n) is 1.54. The number of aromatic nitrogens is 3. The van der Waals surface area contributed by atoms with Crippen LogP contribution in [0.25, 0.3) is 5.69 Å². The van der Waals surface area contributed by atoms with Gasteiger partial charge >= 0.3 is 5.97 Å². The Morgan fingerprint density at radius 1 is 1.56 bits per heavy atom. The zero-order valence-electron chi connectivity index (χ0n) is 9.85. The van der Waals surface area contributed by atoms with Gasteiger partial charge in [-0.05, 0) is 24.6 Å². The van der Waals surface area contributed by atoms with Crippen molar-refractivity contribution in [2.75, 3.05) is 6.61 Å². The van der Waals surface area contributed by atoms with Crippen LogP contribution in [0.15, 0.2) is 36.7 Å². The molecule has 0 aliphatic carbocycles. The summed E-state index contributed by atoms with van der Waals surface area (Å²) in [5.74, 6) is -0.659. The molecule has 1 aromatic heterocycles. The van der Waals surface area contributed by atoms with Crippen molar-refractivity contribution in [2.45, 2.75) is 13.0 Å². The zero-order chi connectivity index (χ0) is 13.0. The lowest BCUT2D eigenvalue weighted by Crippen LogP contribution is -2.15. The molecule has 6 nitrogen and oxygen atoms in total. The quantitative estimate of drug-likeness (QED) is 0.811. The van der Waals surface area contributed by atoms with Gasteiger partial charge in [0.25, 0.3) is 0 Å². The van der Waals surface area contributed by atoms with Gasteiger partial charge in [0, 0.05) is 0 Å². The van der Waals surface area contributed by atoms with E-state index in [9.17, 15) is 9.90 Å². The smallest absolute Gasteiger partial charge is 0.339 e. The molecule has 1 N–H and O–H groups in total. The maximum Gasteiger partial charge on any atom is 0.339 e. The summed E-state index contributed by atoms with van der Waals surface area (Å²) in [6.07, 6.45) is 1.94. The number of ether oxygens (including phenoxy) is 1. The monoisotopic (exact) mass is 247 g/mol. The molecule has 0 aliphatic heterocycles. The molecule has 0 radical (unpaired) electrons. The SMILES string of the molecule is CCOC(=O)C(O)c1cccc(-n2ccnn2)c1. The molecule has 2 aromatic rings. The summed E-state index contributed by atoms with van der Waals surface area (Å²) in [6, 6.07) is 6.85. The van der Waals surface area contributed by atoms with E-state index in [1.54, 1.807) is 48.3 Å². The lowest BCUT2D eigenvalue weighted by molar-refractivity contribution is -0.153. The molecule has 0 fully saturated rings. The van der Waals surface area contributed by atoms with Crippen LogP contribution in [0.2, 0.25) is 0 Å². The van der Waals surface area contributed by atoms with E-state index in [1.807, 2.05) is 0 Å². The zero-order valence-corrected chi connectivity index (χ0v) is 9.85. The average Bonchev–Trinajstić information content (AvgIpc) is 2.92. The number of nitrogens with zero attached hydrogens (tertiary/aromatic N) is 3. The van der Waals surface area contributed by atoms with Gasteiger partial charge in [-0.25, -0.2) is 9.48 Å². The molecule has 1 aromatic carbocycles. The van der Waals surface area contributed by atoms with Gasteiger partial charge in [-0.2, -0.15) is 0 Å². The van der Waals surface area contributed by atoms with E-state index in [2.05, 4.69) is 10.3 Å². The number of benzene rings is 1. The Labute approximate surface area is 104 Å². The van der Waals surface area contributed by atoms with Crippen LogP contribution in [0.5, 0.6) is 0 Å². The highest BCUT2D eigenvalue weighted by molar-refractivity contribution is 5.76. The van der Waals surface area contributed by atoms with Gasteiger partial charge in [0.15, 0.2) is 6.10 Å². The van der Waals surface area contributed by atoms with Gasteiger partial charge < -0.3 is 9.84 Å². The number of carbonyl (C=O) groups excluding carboxylic acids is 1. The van der Waals surface area contributed by atoms with Crippen LogP contribution in [0.4, 0.5) is 0 Å². The van der Waals surface area contributed by atoms with Crippen LogP contribution in [0, 0.1) is 0 Å². The van der Waals surface area contributed by atoms with Gasteiger partial charge in [0.1, 0.15) is 0 Å². The Morgan fingerprint density at radius 2 is 2.39 bits per heavy atom. The van der Waals surface area contributed by atoms with E-state index in [0.717, 1.165) is 0 Å². The van der Waals surface area contributed by atoms with E-state index in [4.69, 9.17) is 4.74 Å². The number of aliphatic hydroxyl groups excluding tert-OH is 1. The molecule has 2 rings (SSSR count). The third-order valence-electron chi connectivity index (χ3n) is 2.38. The highest BCUT2D eigenvalue weighted by atomic mass is 16.5. The van der Waals surface area contributed by atoms with Crippen LogP contribution in [0.3, 0.4) is 0 Å². The number of aliphatic hydroxyl groups is 1.